The van der Waals surface area contributed by atoms with Crippen LogP contribution >= 0.6 is 0 Å². The number of nitrogens with zero attached hydrogens (tertiary/aromatic N) is 2. The number of aromatic nitrogens is 2. The van der Waals surface area contributed by atoms with Crippen molar-refractivity contribution in [1.29, 1.82) is 0 Å². The highest BCUT2D eigenvalue weighted by atomic mass is 16.3. The molecule has 1 aliphatic rings. The first kappa shape index (κ1) is 12.3. The van der Waals surface area contributed by atoms with Gasteiger partial charge in [-0.25, -0.2) is 4.79 Å². The van der Waals surface area contributed by atoms with Crippen LogP contribution in [0.1, 0.15) is 19.3 Å². The molecule has 2 heterocycles. The first-order valence-electron chi connectivity index (χ1n) is 6.77. The largest absolute Gasteiger partial charge is 0.508 e. The number of likely N-dealkylation sites (tertiary alicyclic amines) is 1. The summed E-state index contributed by atoms with van der Waals surface area (Å²) >= 11 is 0. The lowest BCUT2D eigenvalue weighted by Gasteiger charge is -2.32. The number of nitrogens with one attached hydrogen (secondary N) is 1. The van der Waals surface area contributed by atoms with E-state index in [1.807, 2.05) is 0 Å². The van der Waals surface area contributed by atoms with Crippen molar-refractivity contribution < 1.29 is 5.11 Å². The van der Waals surface area contributed by atoms with E-state index in [0.29, 0.717) is 12.6 Å². The SMILES string of the molecule is CN1CCCCC1Cn1c(=O)[nH]c2ccc(O)cc21. The Labute approximate surface area is 111 Å². The molecule has 1 aromatic carbocycles. The Morgan fingerprint density at radius 1 is 1.42 bits per heavy atom. The second-order valence-corrected chi connectivity index (χ2v) is 5.37. The summed E-state index contributed by atoms with van der Waals surface area (Å²) < 4.78 is 1.74. The zero-order valence-electron chi connectivity index (χ0n) is 11.1. The van der Waals surface area contributed by atoms with E-state index < -0.39 is 0 Å². The Balaban J connectivity index is 1.97. The lowest BCUT2D eigenvalue weighted by atomic mass is 10.0. The monoisotopic (exact) mass is 261 g/mol. The van der Waals surface area contributed by atoms with Crippen molar-refractivity contribution in [3.8, 4) is 5.75 Å². The van der Waals surface area contributed by atoms with Crippen LogP contribution in [0.4, 0.5) is 0 Å². The van der Waals surface area contributed by atoms with Crippen LogP contribution in [0.15, 0.2) is 23.0 Å². The average molecular weight is 261 g/mol. The summed E-state index contributed by atoms with van der Waals surface area (Å²) in [5.41, 5.74) is 1.46. The number of piperidine rings is 1. The minimum atomic E-state index is -0.0976. The van der Waals surface area contributed by atoms with Gasteiger partial charge in [0.1, 0.15) is 5.75 Å². The molecular formula is C14H19N3O2. The van der Waals surface area contributed by atoms with Crippen molar-refractivity contribution in [1.82, 2.24) is 14.5 Å². The van der Waals surface area contributed by atoms with Crippen molar-refractivity contribution in [2.75, 3.05) is 13.6 Å². The number of benzene rings is 1. The third-order valence-electron chi connectivity index (χ3n) is 4.07. The maximum atomic E-state index is 12.0. The van der Waals surface area contributed by atoms with Crippen molar-refractivity contribution in [3.05, 3.63) is 28.7 Å². The number of phenolic OH excluding ortho intramolecular Hbond substituents is 1. The van der Waals surface area contributed by atoms with Crippen molar-refractivity contribution in [3.63, 3.8) is 0 Å². The molecule has 5 heteroatoms. The fourth-order valence-electron chi connectivity index (χ4n) is 2.91. The van der Waals surface area contributed by atoms with Gasteiger partial charge in [0.05, 0.1) is 11.0 Å². The van der Waals surface area contributed by atoms with Gasteiger partial charge in [-0.05, 0) is 38.6 Å². The van der Waals surface area contributed by atoms with Crippen LogP contribution in [0.2, 0.25) is 0 Å². The van der Waals surface area contributed by atoms with E-state index in [0.717, 1.165) is 24.0 Å². The molecular weight excluding hydrogens is 242 g/mol. The molecule has 19 heavy (non-hydrogen) atoms. The Hall–Kier alpha value is -1.75. The highest BCUT2D eigenvalue weighted by molar-refractivity contribution is 5.76. The first-order valence-corrected chi connectivity index (χ1v) is 6.77. The van der Waals surface area contributed by atoms with E-state index in [1.165, 1.54) is 12.8 Å². The number of fused-ring (bicyclic) bond motifs is 1. The standard InChI is InChI=1S/C14H19N3O2/c1-16-7-3-2-4-10(16)9-17-13-8-11(18)5-6-12(13)15-14(17)19/h5-6,8,10,18H,2-4,7,9H2,1H3,(H,15,19). The minimum absolute atomic E-state index is 0.0976. The topological polar surface area (TPSA) is 61.3 Å². The van der Waals surface area contributed by atoms with Crippen molar-refractivity contribution in [2.45, 2.75) is 31.8 Å². The maximum Gasteiger partial charge on any atom is 0.326 e. The van der Waals surface area contributed by atoms with Gasteiger partial charge in [-0.1, -0.05) is 6.42 Å². The molecule has 1 atom stereocenters. The van der Waals surface area contributed by atoms with Gasteiger partial charge >= 0.3 is 5.69 Å². The quantitative estimate of drug-likeness (QED) is 0.861. The van der Waals surface area contributed by atoms with Crippen molar-refractivity contribution in [2.24, 2.45) is 0 Å². The summed E-state index contributed by atoms with van der Waals surface area (Å²) in [4.78, 5) is 17.2. The molecule has 2 aromatic rings. The molecule has 1 aromatic heterocycles. The average Bonchev–Trinajstić information content (AvgIpc) is 2.69. The molecule has 2 N–H and O–H groups in total. The highest BCUT2D eigenvalue weighted by Gasteiger charge is 2.21. The van der Waals surface area contributed by atoms with E-state index >= 15 is 0 Å². The molecule has 0 saturated carbocycles. The number of aromatic hydroxyl groups is 1. The van der Waals surface area contributed by atoms with E-state index in [4.69, 9.17) is 0 Å². The molecule has 0 aliphatic carbocycles. The minimum Gasteiger partial charge on any atom is -0.508 e. The zero-order valence-corrected chi connectivity index (χ0v) is 11.1. The molecule has 3 rings (SSSR count). The molecule has 1 unspecified atom stereocenters. The van der Waals surface area contributed by atoms with Crippen LogP contribution in [0, 0.1) is 0 Å². The molecule has 0 amide bonds. The molecule has 1 fully saturated rings. The van der Waals surface area contributed by atoms with Crippen LogP contribution in [0.5, 0.6) is 5.75 Å². The summed E-state index contributed by atoms with van der Waals surface area (Å²) in [6, 6.07) is 5.38. The number of hydrogen-bond acceptors (Lipinski definition) is 3. The van der Waals surface area contributed by atoms with Gasteiger partial charge in [-0.3, -0.25) is 4.57 Å². The van der Waals surface area contributed by atoms with Gasteiger partial charge in [0.2, 0.25) is 0 Å². The second kappa shape index (κ2) is 4.74. The summed E-state index contributed by atoms with van der Waals surface area (Å²) in [5.74, 6) is 0.192. The number of H-pyrrole nitrogens is 1. The van der Waals surface area contributed by atoms with E-state index in [-0.39, 0.29) is 11.4 Å². The van der Waals surface area contributed by atoms with Gasteiger partial charge in [0.15, 0.2) is 0 Å². The third kappa shape index (κ3) is 2.26. The predicted octanol–water partition coefficient (Wildman–Crippen LogP) is 1.52. The Morgan fingerprint density at radius 2 is 2.26 bits per heavy atom. The lowest BCUT2D eigenvalue weighted by molar-refractivity contribution is 0.167. The molecule has 1 aliphatic heterocycles. The molecule has 0 radical (unpaired) electrons. The van der Waals surface area contributed by atoms with E-state index in [1.54, 1.807) is 22.8 Å². The number of imidazole rings is 1. The smallest absolute Gasteiger partial charge is 0.326 e. The molecule has 102 valence electrons. The van der Waals surface area contributed by atoms with Crippen LogP contribution in [-0.4, -0.2) is 39.2 Å². The summed E-state index contributed by atoms with van der Waals surface area (Å²) in [5, 5.41) is 9.58. The number of rotatable bonds is 2. The van der Waals surface area contributed by atoms with Gasteiger partial charge in [-0.2, -0.15) is 0 Å². The fraction of sp³-hybridized carbons (Fsp3) is 0.500. The lowest BCUT2D eigenvalue weighted by Crippen LogP contribution is -2.40. The van der Waals surface area contributed by atoms with E-state index in [2.05, 4.69) is 16.9 Å². The predicted molar refractivity (Wildman–Crippen MR) is 74.5 cm³/mol. The highest BCUT2D eigenvalue weighted by Crippen LogP contribution is 2.20. The van der Waals surface area contributed by atoms with E-state index in [9.17, 15) is 9.90 Å². The summed E-state index contributed by atoms with van der Waals surface area (Å²) in [6.07, 6.45) is 3.57. The first-order chi connectivity index (χ1) is 9.15. The second-order valence-electron chi connectivity index (χ2n) is 5.37. The third-order valence-corrected chi connectivity index (χ3v) is 4.07. The summed E-state index contributed by atoms with van der Waals surface area (Å²) in [6.45, 7) is 1.77. The van der Waals surface area contributed by atoms with Crippen molar-refractivity contribution >= 4 is 11.0 Å². The number of aromatic amines is 1. The zero-order chi connectivity index (χ0) is 13.4. The van der Waals surface area contributed by atoms with Gasteiger partial charge in [0, 0.05) is 18.7 Å². The molecule has 0 bridgehead atoms. The maximum absolute atomic E-state index is 12.0. The van der Waals surface area contributed by atoms with Gasteiger partial charge < -0.3 is 15.0 Å². The summed E-state index contributed by atoms with van der Waals surface area (Å²) in [7, 11) is 2.11. The van der Waals surface area contributed by atoms with Crippen LogP contribution < -0.4 is 5.69 Å². The molecule has 5 nitrogen and oxygen atoms in total. The van der Waals surface area contributed by atoms with Crippen LogP contribution in [0.25, 0.3) is 11.0 Å². The van der Waals surface area contributed by atoms with Crippen LogP contribution in [-0.2, 0) is 6.54 Å². The Morgan fingerprint density at radius 3 is 3.05 bits per heavy atom. The number of likely N-dealkylation sites (N-methyl/N-ethyl adjacent to an activating group) is 1. The van der Waals surface area contributed by atoms with Gasteiger partial charge in [-0.15, -0.1) is 0 Å². The number of hydrogen-bond donors (Lipinski definition) is 2. The molecule has 1 saturated heterocycles. The Bertz CT molecular complexity index is 644. The number of phenols is 1. The molecule has 0 spiro atoms. The normalized spacial score (nSPS) is 21.0. The van der Waals surface area contributed by atoms with Crippen LogP contribution in [0.3, 0.4) is 0 Å². The van der Waals surface area contributed by atoms with Gasteiger partial charge in [0.25, 0.3) is 0 Å². The fourth-order valence-corrected chi connectivity index (χ4v) is 2.91. The Kier molecular flexibility index (Phi) is 3.06.